The summed E-state index contributed by atoms with van der Waals surface area (Å²) in [4.78, 5) is 10.1. The number of carbonyl (C=O) groups is 1. The third-order valence-electron chi connectivity index (χ3n) is 1.12. The fraction of sp³-hybridized carbons (Fsp3) is 0.143. The summed E-state index contributed by atoms with van der Waals surface area (Å²) in [5.41, 5.74) is 0. The van der Waals surface area contributed by atoms with Gasteiger partial charge in [-0.1, -0.05) is 12.2 Å². The standard InChI is InChI=1S/C7H8NO2/c9-7(10)5-6-3-1-2-4-8-6/h1-4,8H,5H2,(H,9,10). The number of dihydropyridines is 1. The molecule has 1 radical (unpaired) electrons. The molecule has 0 saturated carbocycles. The number of rotatable bonds is 2. The minimum Gasteiger partial charge on any atom is -0.481 e. The molecule has 1 rings (SSSR count). The largest absolute Gasteiger partial charge is 0.481 e. The van der Waals surface area contributed by atoms with Crippen molar-refractivity contribution < 1.29 is 9.90 Å². The Kier molecular flexibility index (Phi) is 2.10. The predicted molar refractivity (Wildman–Crippen MR) is 36.9 cm³/mol. The molecule has 10 heavy (non-hydrogen) atoms. The van der Waals surface area contributed by atoms with Gasteiger partial charge in [0.25, 0.3) is 0 Å². The van der Waals surface area contributed by atoms with Gasteiger partial charge in [0.1, 0.15) is 0 Å². The monoisotopic (exact) mass is 138 g/mol. The van der Waals surface area contributed by atoms with Crippen molar-refractivity contribution in [3.63, 3.8) is 0 Å². The van der Waals surface area contributed by atoms with Crippen molar-refractivity contribution in [1.82, 2.24) is 5.32 Å². The lowest BCUT2D eigenvalue weighted by Gasteiger charge is -2.10. The van der Waals surface area contributed by atoms with Gasteiger partial charge in [0.15, 0.2) is 0 Å². The Bertz CT molecular complexity index is 184. The maximum Gasteiger partial charge on any atom is 0.306 e. The van der Waals surface area contributed by atoms with Gasteiger partial charge in [-0.05, 0) is 12.3 Å². The van der Waals surface area contributed by atoms with Crippen LogP contribution < -0.4 is 5.32 Å². The number of carboxylic acid groups (broad SMARTS) is 1. The highest BCUT2D eigenvalue weighted by atomic mass is 16.4. The highest BCUT2D eigenvalue weighted by Crippen LogP contribution is 2.06. The Labute approximate surface area is 59.0 Å². The van der Waals surface area contributed by atoms with Crippen molar-refractivity contribution in [2.75, 3.05) is 0 Å². The molecule has 0 saturated heterocycles. The molecule has 0 spiro atoms. The topological polar surface area (TPSA) is 49.3 Å². The first-order valence-corrected chi connectivity index (χ1v) is 2.96. The molecular weight excluding hydrogens is 130 g/mol. The quantitative estimate of drug-likeness (QED) is 0.589. The lowest BCUT2D eigenvalue weighted by Crippen LogP contribution is -2.18. The smallest absolute Gasteiger partial charge is 0.306 e. The van der Waals surface area contributed by atoms with Gasteiger partial charge >= 0.3 is 5.97 Å². The molecule has 0 bridgehead atoms. The van der Waals surface area contributed by atoms with E-state index in [1.165, 1.54) is 0 Å². The second kappa shape index (κ2) is 3.06. The van der Waals surface area contributed by atoms with Crippen LogP contribution in [-0.4, -0.2) is 11.1 Å². The second-order valence-corrected chi connectivity index (χ2v) is 1.96. The van der Waals surface area contributed by atoms with Crippen LogP contribution in [0.4, 0.5) is 0 Å². The average molecular weight is 138 g/mol. The van der Waals surface area contributed by atoms with Crippen LogP contribution in [0.25, 0.3) is 0 Å². The molecule has 0 atom stereocenters. The number of nitrogens with one attached hydrogen (secondary N) is 1. The zero-order valence-electron chi connectivity index (χ0n) is 5.37. The Morgan fingerprint density at radius 3 is 2.90 bits per heavy atom. The Morgan fingerprint density at radius 2 is 2.40 bits per heavy atom. The van der Waals surface area contributed by atoms with Crippen molar-refractivity contribution in [1.29, 1.82) is 0 Å². The van der Waals surface area contributed by atoms with Crippen molar-refractivity contribution in [3.05, 3.63) is 30.5 Å². The molecule has 3 heteroatoms. The minimum atomic E-state index is -0.817. The van der Waals surface area contributed by atoms with E-state index in [2.05, 4.69) is 5.32 Å². The molecule has 0 aliphatic carbocycles. The fourth-order valence-electron chi connectivity index (χ4n) is 0.703. The van der Waals surface area contributed by atoms with E-state index >= 15 is 0 Å². The molecule has 1 heterocycles. The maximum absolute atomic E-state index is 10.1. The van der Waals surface area contributed by atoms with Crippen LogP contribution >= 0.6 is 0 Å². The van der Waals surface area contributed by atoms with Crippen LogP contribution in [0.1, 0.15) is 6.42 Å². The van der Waals surface area contributed by atoms with Crippen molar-refractivity contribution in [2.24, 2.45) is 0 Å². The van der Waals surface area contributed by atoms with Crippen molar-refractivity contribution in [3.8, 4) is 0 Å². The van der Waals surface area contributed by atoms with Gasteiger partial charge in [-0.2, -0.15) is 0 Å². The molecule has 3 nitrogen and oxygen atoms in total. The Hall–Kier alpha value is -1.25. The van der Waals surface area contributed by atoms with Gasteiger partial charge in [0, 0.05) is 0 Å². The first kappa shape index (κ1) is 6.86. The summed E-state index contributed by atoms with van der Waals surface area (Å²) in [6.07, 6.45) is 7.12. The van der Waals surface area contributed by atoms with Crippen LogP contribution in [0, 0.1) is 6.04 Å². The molecule has 0 aromatic carbocycles. The summed E-state index contributed by atoms with van der Waals surface area (Å²) in [5, 5.41) is 11.2. The van der Waals surface area contributed by atoms with E-state index in [-0.39, 0.29) is 6.42 Å². The number of aliphatic carboxylic acids is 1. The van der Waals surface area contributed by atoms with Crippen molar-refractivity contribution in [2.45, 2.75) is 6.42 Å². The van der Waals surface area contributed by atoms with E-state index in [1.54, 1.807) is 18.4 Å². The van der Waals surface area contributed by atoms with Gasteiger partial charge in [0.05, 0.1) is 12.5 Å². The van der Waals surface area contributed by atoms with Crippen LogP contribution in [0.5, 0.6) is 0 Å². The SMILES string of the molecule is O=C(O)C[C]1C=CC=CN1. The van der Waals surface area contributed by atoms with Crippen LogP contribution in [0.2, 0.25) is 0 Å². The molecule has 2 N–H and O–H groups in total. The number of carboxylic acids is 1. The lowest BCUT2D eigenvalue weighted by molar-refractivity contribution is -0.136. The van der Waals surface area contributed by atoms with Gasteiger partial charge < -0.3 is 10.4 Å². The number of allylic oxidation sites excluding steroid dienone is 2. The average Bonchev–Trinajstić information content (AvgIpc) is 1.88. The first-order chi connectivity index (χ1) is 4.79. The lowest BCUT2D eigenvalue weighted by atomic mass is 10.1. The third-order valence-corrected chi connectivity index (χ3v) is 1.12. The normalized spacial score (nSPS) is 16.8. The summed E-state index contributed by atoms with van der Waals surface area (Å²) in [7, 11) is 0. The van der Waals surface area contributed by atoms with E-state index in [0.29, 0.717) is 0 Å². The number of hydrogen-bond donors (Lipinski definition) is 2. The Morgan fingerprint density at radius 1 is 1.60 bits per heavy atom. The van der Waals surface area contributed by atoms with E-state index < -0.39 is 5.97 Å². The van der Waals surface area contributed by atoms with Gasteiger partial charge in [-0.15, -0.1) is 0 Å². The van der Waals surface area contributed by atoms with Gasteiger partial charge in [-0.25, -0.2) is 0 Å². The summed E-state index contributed by atoms with van der Waals surface area (Å²) in [6.45, 7) is 0. The summed E-state index contributed by atoms with van der Waals surface area (Å²) < 4.78 is 0. The number of hydrogen-bond acceptors (Lipinski definition) is 2. The second-order valence-electron chi connectivity index (χ2n) is 1.96. The zero-order chi connectivity index (χ0) is 7.40. The maximum atomic E-state index is 10.1. The molecule has 0 amide bonds. The van der Waals surface area contributed by atoms with Crippen LogP contribution in [0.3, 0.4) is 0 Å². The zero-order valence-corrected chi connectivity index (χ0v) is 5.37. The fourth-order valence-corrected chi connectivity index (χ4v) is 0.703. The highest BCUT2D eigenvalue weighted by Gasteiger charge is 2.09. The first-order valence-electron chi connectivity index (χ1n) is 2.96. The van der Waals surface area contributed by atoms with Gasteiger partial charge in [-0.3, -0.25) is 4.79 Å². The molecule has 0 fully saturated rings. The van der Waals surface area contributed by atoms with E-state index in [0.717, 1.165) is 6.04 Å². The van der Waals surface area contributed by atoms with Crippen LogP contribution in [0.15, 0.2) is 24.4 Å². The molecule has 53 valence electrons. The molecule has 1 aliphatic rings. The predicted octanol–water partition coefficient (Wildman–Crippen LogP) is 0.666. The molecule has 0 aromatic heterocycles. The third kappa shape index (κ3) is 1.93. The van der Waals surface area contributed by atoms with Crippen LogP contribution in [-0.2, 0) is 4.79 Å². The van der Waals surface area contributed by atoms with E-state index in [1.807, 2.05) is 6.08 Å². The van der Waals surface area contributed by atoms with E-state index in [9.17, 15) is 4.79 Å². The minimum absolute atomic E-state index is 0.0564. The van der Waals surface area contributed by atoms with Crippen molar-refractivity contribution >= 4 is 5.97 Å². The molecular formula is C7H8NO2. The van der Waals surface area contributed by atoms with E-state index in [4.69, 9.17) is 5.11 Å². The highest BCUT2D eigenvalue weighted by molar-refractivity contribution is 5.69. The molecule has 0 aromatic rings. The summed E-state index contributed by atoms with van der Waals surface area (Å²) >= 11 is 0. The Balaban J connectivity index is 2.37. The summed E-state index contributed by atoms with van der Waals surface area (Å²) in [6, 6.07) is 0.718. The molecule has 1 aliphatic heterocycles. The summed E-state index contributed by atoms with van der Waals surface area (Å²) in [5.74, 6) is -0.817. The molecule has 0 unspecified atom stereocenters. The van der Waals surface area contributed by atoms with Gasteiger partial charge in [0.2, 0.25) is 0 Å².